The van der Waals surface area contributed by atoms with Crippen molar-refractivity contribution in [1.29, 1.82) is 0 Å². The van der Waals surface area contributed by atoms with Gasteiger partial charge in [-0.05, 0) is 32.4 Å². The number of rotatable bonds is 4. The molecule has 0 saturated carbocycles. The predicted molar refractivity (Wildman–Crippen MR) is 112 cm³/mol. The van der Waals surface area contributed by atoms with Gasteiger partial charge in [-0.3, -0.25) is 9.78 Å². The molecule has 1 amide bonds. The molecule has 0 spiro atoms. The number of carbonyl (C=O) groups excluding carboxylic acids is 1. The third kappa shape index (κ3) is 4.07. The zero-order valence-electron chi connectivity index (χ0n) is 16.3. The van der Waals surface area contributed by atoms with Crippen LogP contribution in [0.1, 0.15) is 34.2 Å². The fourth-order valence-electron chi connectivity index (χ4n) is 3.61. The van der Waals surface area contributed by atoms with Crippen LogP contribution in [-0.4, -0.2) is 40.6 Å². The first-order valence-corrected chi connectivity index (χ1v) is 11.3. The Labute approximate surface area is 169 Å². The summed E-state index contributed by atoms with van der Waals surface area (Å²) in [6.07, 6.45) is 0.499. The number of sulfone groups is 1. The molecule has 1 N–H and O–H groups in total. The van der Waals surface area contributed by atoms with Crippen LogP contribution in [0.3, 0.4) is 0 Å². The Morgan fingerprint density at radius 2 is 1.90 bits per heavy atom. The van der Waals surface area contributed by atoms with Gasteiger partial charge >= 0.3 is 0 Å². The number of carbonyl (C=O) groups is 1. The van der Waals surface area contributed by atoms with E-state index in [1.54, 1.807) is 23.7 Å². The molecule has 0 unspecified atom stereocenters. The third-order valence-corrected chi connectivity index (χ3v) is 6.80. The Kier molecular flexibility index (Phi) is 4.96. The lowest BCUT2D eigenvalue weighted by Gasteiger charge is -2.14. The number of amides is 1. The second-order valence-electron chi connectivity index (χ2n) is 7.32. The van der Waals surface area contributed by atoms with Gasteiger partial charge in [0.05, 0.1) is 40.2 Å². The number of nitrogens with zero attached hydrogens (tertiary/aromatic N) is 3. The number of hydrogen-bond donors (Lipinski definition) is 1. The fraction of sp³-hybridized carbons (Fsp3) is 0.286. The van der Waals surface area contributed by atoms with Crippen molar-refractivity contribution in [3.05, 3.63) is 65.5 Å². The average Bonchev–Trinajstić information content (AvgIpc) is 3.23. The Bertz CT molecular complexity index is 1170. The summed E-state index contributed by atoms with van der Waals surface area (Å²) >= 11 is 0. The van der Waals surface area contributed by atoms with Crippen molar-refractivity contribution in [2.45, 2.75) is 26.3 Å². The quantitative estimate of drug-likeness (QED) is 0.713. The highest BCUT2D eigenvalue weighted by Crippen LogP contribution is 2.27. The first-order chi connectivity index (χ1) is 13.8. The van der Waals surface area contributed by atoms with Crippen molar-refractivity contribution in [2.75, 3.05) is 16.8 Å². The normalized spacial score (nSPS) is 17.9. The molecule has 0 aliphatic carbocycles. The number of anilines is 1. The summed E-state index contributed by atoms with van der Waals surface area (Å²) in [5.74, 6) is 0.398. The van der Waals surface area contributed by atoms with Gasteiger partial charge in [-0.1, -0.05) is 30.3 Å². The molecule has 8 heteroatoms. The van der Waals surface area contributed by atoms with Crippen LogP contribution in [-0.2, 0) is 9.84 Å². The summed E-state index contributed by atoms with van der Waals surface area (Å²) in [4.78, 5) is 17.4. The smallest absolute Gasteiger partial charge is 0.258 e. The Balaban J connectivity index is 1.58. The number of pyridine rings is 1. The Morgan fingerprint density at radius 1 is 1.14 bits per heavy atom. The van der Waals surface area contributed by atoms with Gasteiger partial charge < -0.3 is 5.32 Å². The molecule has 3 heterocycles. The second-order valence-corrected chi connectivity index (χ2v) is 9.55. The summed E-state index contributed by atoms with van der Waals surface area (Å²) in [5, 5.41) is 7.28. The van der Waals surface area contributed by atoms with Gasteiger partial charge in [-0.15, -0.1) is 0 Å². The molecule has 2 aromatic heterocycles. The van der Waals surface area contributed by atoms with Gasteiger partial charge in [0.25, 0.3) is 5.91 Å². The molecule has 1 aromatic carbocycles. The molecule has 0 bridgehead atoms. The largest absolute Gasteiger partial charge is 0.307 e. The van der Waals surface area contributed by atoms with E-state index in [-0.39, 0.29) is 23.5 Å². The van der Waals surface area contributed by atoms with Gasteiger partial charge in [-0.2, -0.15) is 5.10 Å². The van der Waals surface area contributed by atoms with E-state index in [0.717, 1.165) is 17.0 Å². The molecule has 4 rings (SSSR count). The summed E-state index contributed by atoms with van der Waals surface area (Å²) in [7, 11) is -3.05. The summed E-state index contributed by atoms with van der Waals surface area (Å²) in [6, 6.07) is 14.8. The van der Waals surface area contributed by atoms with E-state index in [0.29, 0.717) is 23.5 Å². The number of nitrogens with one attached hydrogen (secondary N) is 1. The predicted octanol–water partition coefficient (Wildman–Crippen LogP) is 3.17. The van der Waals surface area contributed by atoms with Gasteiger partial charge in [-0.25, -0.2) is 13.1 Å². The van der Waals surface area contributed by atoms with Gasteiger partial charge in [0, 0.05) is 11.6 Å². The number of aromatic nitrogens is 3. The summed E-state index contributed by atoms with van der Waals surface area (Å²) in [6.45, 7) is 3.62. The first-order valence-electron chi connectivity index (χ1n) is 9.43. The molecular formula is C21H22N4O3S. The number of hydrogen-bond acceptors (Lipinski definition) is 5. The average molecular weight is 410 g/mol. The lowest BCUT2D eigenvalue weighted by atomic mass is 10.1. The molecule has 0 radical (unpaired) electrons. The van der Waals surface area contributed by atoms with Gasteiger partial charge in [0.2, 0.25) is 0 Å². The maximum absolute atomic E-state index is 12.9. The van der Waals surface area contributed by atoms with E-state index in [1.165, 1.54) is 0 Å². The van der Waals surface area contributed by atoms with Crippen LogP contribution >= 0.6 is 0 Å². The van der Waals surface area contributed by atoms with Crippen molar-refractivity contribution in [1.82, 2.24) is 14.8 Å². The number of aryl methyl sites for hydroxylation is 2. The van der Waals surface area contributed by atoms with Crippen molar-refractivity contribution in [2.24, 2.45) is 0 Å². The Hall–Kier alpha value is -3.00. The van der Waals surface area contributed by atoms with E-state index >= 15 is 0 Å². The monoisotopic (exact) mass is 410 g/mol. The highest BCUT2D eigenvalue weighted by Gasteiger charge is 2.31. The van der Waals surface area contributed by atoms with Crippen molar-refractivity contribution in [3.63, 3.8) is 0 Å². The van der Waals surface area contributed by atoms with Crippen LogP contribution in [0.15, 0.2) is 48.5 Å². The fourth-order valence-corrected chi connectivity index (χ4v) is 5.30. The molecular weight excluding hydrogens is 388 g/mol. The van der Waals surface area contributed by atoms with E-state index in [9.17, 15) is 13.2 Å². The van der Waals surface area contributed by atoms with Crippen LogP contribution in [0.2, 0.25) is 0 Å². The van der Waals surface area contributed by atoms with Crippen LogP contribution in [0, 0.1) is 13.8 Å². The van der Waals surface area contributed by atoms with Crippen molar-refractivity contribution >= 4 is 21.6 Å². The molecule has 1 fully saturated rings. The highest BCUT2D eigenvalue weighted by molar-refractivity contribution is 7.91. The van der Waals surface area contributed by atoms with Crippen LogP contribution < -0.4 is 5.32 Å². The molecule has 1 atom stereocenters. The third-order valence-electron chi connectivity index (χ3n) is 5.05. The topological polar surface area (TPSA) is 94.0 Å². The zero-order chi connectivity index (χ0) is 20.6. The lowest BCUT2D eigenvalue weighted by molar-refractivity contribution is 0.102. The van der Waals surface area contributed by atoms with Crippen LogP contribution in [0.5, 0.6) is 0 Å². The standard InChI is InChI=1S/C21H22N4O3S/c1-14-12-20(25(24-14)17-10-11-29(27,28)13-17)23-21(26)18-8-9-19(22-15(18)2)16-6-4-3-5-7-16/h3-9,12,17H,10-11,13H2,1-2H3,(H,23,26)/t17-/m1/s1. The summed E-state index contributed by atoms with van der Waals surface area (Å²) < 4.78 is 25.3. The SMILES string of the molecule is Cc1cc(NC(=O)c2ccc(-c3ccccc3)nc2C)n([C@@H]2CCS(=O)(=O)C2)n1. The van der Waals surface area contributed by atoms with E-state index in [2.05, 4.69) is 15.4 Å². The minimum Gasteiger partial charge on any atom is -0.307 e. The Morgan fingerprint density at radius 3 is 2.55 bits per heavy atom. The van der Waals surface area contributed by atoms with Crippen molar-refractivity contribution in [3.8, 4) is 11.3 Å². The van der Waals surface area contributed by atoms with Crippen molar-refractivity contribution < 1.29 is 13.2 Å². The first kappa shape index (κ1) is 19.3. The van der Waals surface area contributed by atoms with Gasteiger partial charge in [0.15, 0.2) is 9.84 Å². The molecule has 1 aliphatic heterocycles. The highest BCUT2D eigenvalue weighted by atomic mass is 32.2. The van der Waals surface area contributed by atoms with E-state index in [1.807, 2.05) is 43.3 Å². The minimum absolute atomic E-state index is 0.0450. The molecule has 1 aliphatic rings. The minimum atomic E-state index is -3.05. The van der Waals surface area contributed by atoms with Crippen LogP contribution in [0.25, 0.3) is 11.3 Å². The maximum atomic E-state index is 12.9. The maximum Gasteiger partial charge on any atom is 0.258 e. The molecule has 7 nitrogen and oxygen atoms in total. The molecule has 1 saturated heterocycles. The molecule has 150 valence electrons. The zero-order valence-corrected chi connectivity index (χ0v) is 17.1. The lowest BCUT2D eigenvalue weighted by Crippen LogP contribution is -2.20. The van der Waals surface area contributed by atoms with E-state index in [4.69, 9.17) is 0 Å². The van der Waals surface area contributed by atoms with Gasteiger partial charge in [0.1, 0.15) is 5.82 Å². The molecule has 29 heavy (non-hydrogen) atoms. The second kappa shape index (κ2) is 7.44. The molecule has 3 aromatic rings. The van der Waals surface area contributed by atoms with E-state index < -0.39 is 9.84 Å². The van der Waals surface area contributed by atoms with Crippen LogP contribution in [0.4, 0.5) is 5.82 Å². The number of benzene rings is 1. The summed E-state index contributed by atoms with van der Waals surface area (Å²) in [5.41, 5.74) is 3.60.